The van der Waals surface area contributed by atoms with Gasteiger partial charge in [0, 0.05) is 12.0 Å². The molecule has 0 aliphatic heterocycles. The molecule has 0 fully saturated rings. The maximum Gasteiger partial charge on any atom is 0.138 e. The monoisotopic (exact) mass is 320 g/mol. The van der Waals surface area contributed by atoms with Crippen molar-refractivity contribution in [3.05, 3.63) is 45.3 Å². The van der Waals surface area contributed by atoms with Crippen LogP contribution in [0, 0.1) is 18.3 Å². The second kappa shape index (κ2) is 6.75. The molecule has 0 aliphatic carbocycles. The van der Waals surface area contributed by atoms with Crippen molar-refractivity contribution < 1.29 is 0 Å². The first kappa shape index (κ1) is 15.6. The van der Waals surface area contributed by atoms with E-state index in [0.717, 1.165) is 18.4 Å². The lowest BCUT2D eigenvalue weighted by Gasteiger charge is -2.12. The first-order chi connectivity index (χ1) is 10.0. The largest absolute Gasteiger partial charge is 0.339 e. The van der Waals surface area contributed by atoms with Crippen LogP contribution in [0.3, 0.4) is 0 Å². The Morgan fingerprint density at radius 3 is 2.67 bits per heavy atom. The lowest BCUT2D eigenvalue weighted by atomic mass is 10.2. The van der Waals surface area contributed by atoms with Gasteiger partial charge in [-0.15, -0.1) is 0 Å². The Balaban J connectivity index is 2.37. The van der Waals surface area contributed by atoms with Gasteiger partial charge >= 0.3 is 0 Å². The van der Waals surface area contributed by atoms with Gasteiger partial charge in [-0.25, -0.2) is 9.97 Å². The third-order valence-corrected chi connectivity index (χ3v) is 3.64. The number of anilines is 2. The molecule has 21 heavy (non-hydrogen) atoms. The third kappa shape index (κ3) is 3.63. The highest BCUT2D eigenvalue weighted by atomic mass is 35.5. The predicted molar refractivity (Wildman–Crippen MR) is 85.2 cm³/mol. The van der Waals surface area contributed by atoms with Gasteiger partial charge < -0.3 is 5.32 Å². The molecule has 0 unspecified atom stereocenters. The molecule has 0 saturated carbocycles. The highest BCUT2D eigenvalue weighted by molar-refractivity contribution is 6.33. The molecule has 0 aliphatic rings. The maximum atomic E-state index is 8.85. The zero-order valence-corrected chi connectivity index (χ0v) is 13.3. The molecule has 0 radical (unpaired) electrons. The molecule has 108 valence electrons. The number of aromatic nitrogens is 2. The number of rotatable bonds is 4. The fraction of sp³-hybridized carbons (Fsp3) is 0.267. The van der Waals surface area contributed by atoms with Crippen LogP contribution in [0.5, 0.6) is 0 Å². The predicted octanol–water partition coefficient (Wildman–Crippen LogP) is 4.66. The molecule has 0 bridgehead atoms. The van der Waals surface area contributed by atoms with Crippen LogP contribution < -0.4 is 5.32 Å². The molecule has 4 nitrogen and oxygen atoms in total. The molecular formula is C15H14Cl2N4. The van der Waals surface area contributed by atoms with Crippen LogP contribution in [0.25, 0.3) is 0 Å². The lowest BCUT2D eigenvalue weighted by Crippen LogP contribution is -2.04. The SMILES string of the molecule is CCCc1nc(Cl)c(C)c(Nc2ccc(C#N)cc2Cl)n1. The fourth-order valence-electron chi connectivity index (χ4n) is 1.80. The number of nitrogens with zero attached hydrogens (tertiary/aromatic N) is 3. The molecular weight excluding hydrogens is 307 g/mol. The summed E-state index contributed by atoms with van der Waals surface area (Å²) >= 11 is 12.3. The van der Waals surface area contributed by atoms with Crippen LogP contribution in [-0.4, -0.2) is 9.97 Å². The average molecular weight is 321 g/mol. The van der Waals surface area contributed by atoms with Gasteiger partial charge in [0.25, 0.3) is 0 Å². The van der Waals surface area contributed by atoms with Gasteiger partial charge in [-0.2, -0.15) is 5.26 Å². The molecule has 0 spiro atoms. The Bertz CT molecular complexity index is 708. The molecule has 2 aromatic rings. The minimum absolute atomic E-state index is 0.431. The van der Waals surface area contributed by atoms with Crippen LogP contribution in [0.4, 0.5) is 11.5 Å². The molecule has 0 saturated heterocycles. The Morgan fingerprint density at radius 2 is 2.05 bits per heavy atom. The smallest absolute Gasteiger partial charge is 0.138 e. The highest BCUT2D eigenvalue weighted by Crippen LogP contribution is 2.29. The summed E-state index contributed by atoms with van der Waals surface area (Å²) in [7, 11) is 0. The van der Waals surface area contributed by atoms with Gasteiger partial charge in [0.05, 0.1) is 22.3 Å². The van der Waals surface area contributed by atoms with Crippen LogP contribution in [0.15, 0.2) is 18.2 Å². The van der Waals surface area contributed by atoms with E-state index in [1.54, 1.807) is 18.2 Å². The van der Waals surface area contributed by atoms with Gasteiger partial charge in [-0.1, -0.05) is 30.1 Å². The summed E-state index contributed by atoms with van der Waals surface area (Å²) in [5.74, 6) is 1.32. The standard InChI is InChI=1S/C15H14Cl2N4/c1-3-4-13-20-14(17)9(2)15(21-13)19-12-6-5-10(8-18)7-11(12)16/h5-7H,3-4H2,1-2H3,(H,19,20,21). The molecule has 0 amide bonds. The summed E-state index contributed by atoms with van der Waals surface area (Å²) < 4.78 is 0. The van der Waals surface area contributed by atoms with Crippen LogP contribution >= 0.6 is 23.2 Å². The number of nitrogens with one attached hydrogen (secondary N) is 1. The number of aryl methyl sites for hydroxylation is 1. The van der Waals surface area contributed by atoms with E-state index in [0.29, 0.717) is 33.1 Å². The van der Waals surface area contributed by atoms with Crippen LogP contribution in [0.1, 0.15) is 30.3 Å². The minimum Gasteiger partial charge on any atom is -0.339 e. The molecule has 1 heterocycles. The Morgan fingerprint density at radius 1 is 1.29 bits per heavy atom. The summed E-state index contributed by atoms with van der Waals surface area (Å²) in [6, 6.07) is 7.09. The van der Waals surface area contributed by atoms with Crippen molar-refractivity contribution in [2.45, 2.75) is 26.7 Å². The van der Waals surface area contributed by atoms with Crippen molar-refractivity contribution >= 4 is 34.7 Å². The first-order valence-electron chi connectivity index (χ1n) is 6.54. The van der Waals surface area contributed by atoms with E-state index in [-0.39, 0.29) is 0 Å². The first-order valence-corrected chi connectivity index (χ1v) is 7.30. The number of nitriles is 1. The zero-order valence-electron chi connectivity index (χ0n) is 11.7. The van der Waals surface area contributed by atoms with Gasteiger partial charge in [-0.05, 0) is 31.5 Å². The molecule has 6 heteroatoms. The third-order valence-electron chi connectivity index (χ3n) is 2.96. The van der Waals surface area contributed by atoms with Crippen LogP contribution in [0.2, 0.25) is 10.2 Å². The topological polar surface area (TPSA) is 61.6 Å². The second-order valence-corrected chi connectivity index (χ2v) is 5.35. The number of benzene rings is 1. The Kier molecular flexibility index (Phi) is 5.00. The van der Waals surface area contributed by atoms with E-state index in [2.05, 4.69) is 22.2 Å². The van der Waals surface area contributed by atoms with E-state index in [4.69, 9.17) is 28.5 Å². The van der Waals surface area contributed by atoms with Crippen molar-refractivity contribution in [2.24, 2.45) is 0 Å². The summed E-state index contributed by atoms with van der Waals surface area (Å²) in [4.78, 5) is 8.72. The number of hydrogen-bond donors (Lipinski definition) is 1. The zero-order chi connectivity index (χ0) is 15.4. The van der Waals surface area contributed by atoms with E-state index < -0.39 is 0 Å². The quantitative estimate of drug-likeness (QED) is 0.832. The van der Waals surface area contributed by atoms with Gasteiger partial charge in [-0.3, -0.25) is 0 Å². The highest BCUT2D eigenvalue weighted by Gasteiger charge is 2.11. The van der Waals surface area contributed by atoms with E-state index in [1.165, 1.54) is 0 Å². The summed E-state index contributed by atoms with van der Waals surface area (Å²) in [6.45, 7) is 3.90. The Hall–Kier alpha value is -1.83. The van der Waals surface area contributed by atoms with Crippen LogP contribution in [-0.2, 0) is 6.42 Å². The van der Waals surface area contributed by atoms with Gasteiger partial charge in [0.15, 0.2) is 0 Å². The average Bonchev–Trinajstić information content (AvgIpc) is 2.46. The van der Waals surface area contributed by atoms with E-state index >= 15 is 0 Å². The molecule has 0 atom stereocenters. The van der Waals surface area contributed by atoms with E-state index in [1.807, 2.05) is 13.0 Å². The van der Waals surface area contributed by atoms with Crippen molar-refractivity contribution in [3.63, 3.8) is 0 Å². The molecule has 1 aromatic carbocycles. The minimum atomic E-state index is 0.431. The Labute approximate surface area is 133 Å². The van der Waals surface area contributed by atoms with Crippen molar-refractivity contribution in [1.29, 1.82) is 5.26 Å². The molecule has 2 rings (SSSR count). The van der Waals surface area contributed by atoms with Gasteiger partial charge in [0.2, 0.25) is 0 Å². The van der Waals surface area contributed by atoms with E-state index in [9.17, 15) is 0 Å². The molecule has 1 N–H and O–H groups in total. The van der Waals surface area contributed by atoms with Gasteiger partial charge in [0.1, 0.15) is 16.8 Å². The molecule has 1 aromatic heterocycles. The van der Waals surface area contributed by atoms with Crippen molar-refractivity contribution in [2.75, 3.05) is 5.32 Å². The fourth-order valence-corrected chi connectivity index (χ4v) is 2.22. The summed E-state index contributed by atoms with van der Waals surface area (Å²) in [6.07, 6.45) is 1.70. The number of halogens is 2. The summed E-state index contributed by atoms with van der Waals surface area (Å²) in [5, 5.41) is 12.9. The van der Waals surface area contributed by atoms with Crippen molar-refractivity contribution in [1.82, 2.24) is 9.97 Å². The van der Waals surface area contributed by atoms with Crippen molar-refractivity contribution in [3.8, 4) is 6.07 Å². The second-order valence-electron chi connectivity index (χ2n) is 4.59. The maximum absolute atomic E-state index is 8.85. The number of hydrogen-bond acceptors (Lipinski definition) is 4. The normalized spacial score (nSPS) is 10.2. The summed E-state index contributed by atoms with van der Waals surface area (Å²) in [5.41, 5.74) is 1.95. The lowest BCUT2D eigenvalue weighted by molar-refractivity contribution is 0.833.